The Bertz CT molecular complexity index is 1590. The number of hydrogen-bond acceptors (Lipinski definition) is 10. The maximum absolute atomic E-state index is 14.0. The maximum Gasteiger partial charge on any atom is 0.460 e. The lowest BCUT2D eigenvalue weighted by atomic mass is 9.49. The predicted molar refractivity (Wildman–Crippen MR) is 147 cm³/mol. The van der Waals surface area contributed by atoms with Gasteiger partial charge in [0.25, 0.3) is 0 Å². The van der Waals surface area contributed by atoms with E-state index in [2.05, 4.69) is 14.2 Å². The third-order valence-corrected chi connectivity index (χ3v) is 14.8. The van der Waals surface area contributed by atoms with Crippen LogP contribution >= 0.6 is 23.5 Å². The molecule has 5 aliphatic rings. The molecule has 4 saturated carbocycles. The van der Waals surface area contributed by atoms with E-state index in [4.69, 9.17) is 4.55 Å². The van der Waals surface area contributed by atoms with Crippen LogP contribution in [0.4, 0.5) is 70.2 Å². The highest BCUT2D eigenvalue weighted by atomic mass is 32.2. The molecule has 312 valence electrons. The van der Waals surface area contributed by atoms with Gasteiger partial charge in [0.2, 0.25) is 0 Å². The Hall–Kier alpha value is -2.10. The molecule has 5 fully saturated rings. The summed E-state index contributed by atoms with van der Waals surface area (Å²) in [6.07, 6.45) is -14.0. The number of hydrogen-bond donors (Lipinski definition) is 1. The average molecular weight is 881 g/mol. The highest BCUT2D eigenvalue weighted by Crippen LogP contribution is 2.72. The van der Waals surface area contributed by atoms with Crippen molar-refractivity contribution in [2.24, 2.45) is 29.1 Å². The molecule has 0 radical (unpaired) electrons. The summed E-state index contributed by atoms with van der Waals surface area (Å²) in [6.45, 7) is -5.19. The van der Waals surface area contributed by atoms with Crippen LogP contribution in [0.25, 0.3) is 0 Å². The second-order valence-electron chi connectivity index (χ2n) is 13.3. The highest BCUT2D eigenvalue weighted by Gasteiger charge is 2.78. The fourth-order valence-corrected chi connectivity index (χ4v) is 11.7. The number of alkyl halides is 16. The number of halogens is 16. The summed E-state index contributed by atoms with van der Waals surface area (Å²) >= 11 is 1.46. The van der Waals surface area contributed by atoms with Gasteiger partial charge in [-0.3, -0.25) is 9.35 Å². The van der Waals surface area contributed by atoms with Crippen molar-refractivity contribution in [3.05, 3.63) is 0 Å². The summed E-state index contributed by atoms with van der Waals surface area (Å²) in [6, 6.07) is 0. The van der Waals surface area contributed by atoms with Gasteiger partial charge in [-0.05, 0) is 49.9 Å². The van der Waals surface area contributed by atoms with E-state index in [-0.39, 0.29) is 38.0 Å². The smallest absolute Gasteiger partial charge is 0.460 e. The molecule has 54 heavy (non-hydrogen) atoms. The quantitative estimate of drug-likeness (QED) is 0.0967. The van der Waals surface area contributed by atoms with Crippen LogP contribution < -0.4 is 0 Å². The zero-order valence-corrected chi connectivity index (χ0v) is 28.7. The monoisotopic (exact) mass is 880 g/mol. The summed E-state index contributed by atoms with van der Waals surface area (Å²) in [7, 11) is -6.01. The third kappa shape index (κ3) is 7.41. The fourth-order valence-electron chi connectivity index (χ4n) is 7.15. The predicted octanol–water partition coefficient (Wildman–Crippen LogP) is 6.75. The van der Waals surface area contributed by atoms with Crippen molar-refractivity contribution in [2.45, 2.75) is 82.7 Å². The summed E-state index contributed by atoms with van der Waals surface area (Å²) in [4.78, 5) is 36.8. The highest BCUT2D eigenvalue weighted by molar-refractivity contribution is 8.19. The molecule has 4 atom stereocenters. The Labute approximate surface area is 300 Å². The van der Waals surface area contributed by atoms with Crippen molar-refractivity contribution in [2.75, 3.05) is 25.6 Å². The molecule has 9 nitrogen and oxygen atoms in total. The van der Waals surface area contributed by atoms with E-state index in [1.807, 2.05) is 0 Å². The molecule has 0 aromatic rings. The Morgan fingerprint density at radius 2 is 1.13 bits per heavy atom. The fraction of sp³-hybridized carbons (Fsp3) is 0.885. The number of ether oxygens (including phenoxy) is 3. The third-order valence-electron chi connectivity index (χ3n) is 9.71. The Morgan fingerprint density at radius 3 is 1.56 bits per heavy atom. The van der Waals surface area contributed by atoms with E-state index < -0.39 is 127 Å². The lowest BCUT2D eigenvalue weighted by molar-refractivity contribution is -0.348. The zero-order chi connectivity index (χ0) is 41.5. The topological polar surface area (TPSA) is 133 Å². The molecule has 0 aromatic heterocycles. The van der Waals surface area contributed by atoms with Gasteiger partial charge in [-0.2, -0.15) is 78.7 Å². The van der Waals surface area contributed by atoms with Gasteiger partial charge in [0.05, 0.1) is 16.1 Å². The number of esters is 3. The lowest BCUT2D eigenvalue weighted by Crippen LogP contribution is -2.62. The summed E-state index contributed by atoms with van der Waals surface area (Å²) < 4.78 is 255. The Morgan fingerprint density at radius 1 is 0.685 bits per heavy atom. The van der Waals surface area contributed by atoms with Crippen molar-refractivity contribution in [1.29, 1.82) is 0 Å². The van der Waals surface area contributed by atoms with Crippen molar-refractivity contribution < 1.29 is 112 Å². The van der Waals surface area contributed by atoms with Crippen LogP contribution in [0.15, 0.2) is 0 Å². The molecule has 1 saturated heterocycles. The van der Waals surface area contributed by atoms with E-state index >= 15 is 0 Å². The van der Waals surface area contributed by atoms with Crippen molar-refractivity contribution >= 4 is 51.5 Å². The summed E-state index contributed by atoms with van der Waals surface area (Å²) in [5, 5.41) is -6.64. The van der Waals surface area contributed by atoms with Crippen molar-refractivity contribution in [1.82, 2.24) is 0 Å². The Kier molecular flexibility index (Phi) is 11.4. The number of rotatable bonds is 12. The van der Waals surface area contributed by atoms with Crippen LogP contribution in [0.2, 0.25) is 0 Å². The molecule has 0 aromatic carbocycles. The van der Waals surface area contributed by atoms with Gasteiger partial charge in [-0.1, -0.05) is 0 Å². The lowest BCUT2D eigenvalue weighted by Gasteiger charge is -2.65. The first kappa shape index (κ1) is 44.6. The van der Waals surface area contributed by atoms with Crippen LogP contribution in [0.5, 0.6) is 0 Å². The molecule has 4 aliphatic carbocycles. The van der Waals surface area contributed by atoms with Crippen LogP contribution in [-0.4, -0.2) is 107 Å². The first-order valence-corrected chi connectivity index (χ1v) is 18.2. The van der Waals surface area contributed by atoms with Gasteiger partial charge >= 0.3 is 69.3 Å². The molecule has 1 aliphatic heterocycles. The summed E-state index contributed by atoms with van der Waals surface area (Å²) in [5.41, 5.74) is -1.55. The second-order valence-corrected chi connectivity index (χ2v) is 17.9. The van der Waals surface area contributed by atoms with E-state index in [0.717, 1.165) is 11.8 Å². The van der Waals surface area contributed by atoms with Gasteiger partial charge in [-0.15, -0.1) is 23.5 Å². The SMILES string of the molecule is O=C(OCC(F)(F)S(=O)(=O)O)C12CC3CC(C1)C1(SCC(COC(=O)C(F)(F)C(F)(F)C(F)(F)F)C(COC(=O)C(F)(F)C(F)(F)C(F)(F)F)S1)C(C3)C2. The molecule has 1 N–H and O–H groups in total. The molecular weight excluding hydrogens is 856 g/mol. The van der Waals surface area contributed by atoms with Crippen LogP contribution in [0.1, 0.15) is 32.1 Å². The molecule has 0 amide bonds. The average Bonchev–Trinajstić information content (AvgIpc) is 3.02. The van der Waals surface area contributed by atoms with E-state index in [1.165, 1.54) is 0 Å². The Balaban J connectivity index is 1.59. The summed E-state index contributed by atoms with van der Waals surface area (Å²) in [5.74, 6) is -39.2. The standard InChI is InChI=1S/C26H24F16O9S3/c27-19(28,54(46,47)48)9-51-15(43)18-3-10-1-12(4-18)20(13(2-10)5-18)52-8-11(6-49-16(44)21(29,30)23(33,34)25(37,38)39)14(53-20)7-50-17(45)22(31,32)24(35,36)26(40,41)42/h10-14H,1-9H2,(H,46,47,48). The van der Waals surface area contributed by atoms with Gasteiger partial charge in [0.15, 0.2) is 6.61 Å². The molecule has 28 heteroatoms. The van der Waals surface area contributed by atoms with Crippen molar-refractivity contribution in [3.63, 3.8) is 0 Å². The van der Waals surface area contributed by atoms with Crippen LogP contribution in [0.3, 0.4) is 0 Å². The number of carbonyl (C=O) groups is 3. The normalized spacial score (nSPS) is 31.0. The molecule has 1 heterocycles. The second kappa shape index (κ2) is 13.8. The zero-order valence-electron chi connectivity index (χ0n) is 26.2. The van der Waals surface area contributed by atoms with Gasteiger partial charge in [0, 0.05) is 16.9 Å². The largest absolute Gasteiger partial charge is 0.461 e. The first-order valence-electron chi connectivity index (χ1n) is 14.9. The minimum absolute atomic E-state index is 0.0284. The van der Waals surface area contributed by atoms with E-state index in [1.54, 1.807) is 0 Å². The maximum atomic E-state index is 14.0. The molecule has 5 rings (SSSR count). The van der Waals surface area contributed by atoms with E-state index in [9.17, 15) is 93.0 Å². The minimum atomic E-state index is -6.99. The molecular formula is C26H24F16O9S3. The van der Waals surface area contributed by atoms with Crippen LogP contribution in [0, 0.1) is 29.1 Å². The van der Waals surface area contributed by atoms with Crippen LogP contribution in [-0.2, 0) is 38.7 Å². The van der Waals surface area contributed by atoms with Gasteiger partial charge in [-0.25, -0.2) is 9.59 Å². The number of carbonyl (C=O) groups excluding carboxylic acids is 3. The molecule has 4 unspecified atom stereocenters. The minimum Gasteiger partial charge on any atom is -0.461 e. The number of thioether (sulfide) groups is 2. The van der Waals surface area contributed by atoms with Gasteiger partial charge in [0.1, 0.15) is 6.61 Å². The molecule has 1 spiro atoms. The molecule has 4 bridgehead atoms. The van der Waals surface area contributed by atoms with Gasteiger partial charge < -0.3 is 14.2 Å². The van der Waals surface area contributed by atoms with Crippen molar-refractivity contribution in [3.8, 4) is 0 Å². The van der Waals surface area contributed by atoms with E-state index in [0.29, 0.717) is 11.8 Å². The first-order chi connectivity index (χ1) is 24.1.